The number of nitrogens with zero attached hydrogens (tertiary/aromatic N) is 3. The van der Waals surface area contributed by atoms with E-state index in [1.54, 1.807) is 47.1 Å². The number of phenols is 1. The van der Waals surface area contributed by atoms with Gasteiger partial charge in [-0.05, 0) is 35.7 Å². The zero-order valence-corrected chi connectivity index (χ0v) is 14.9. The van der Waals surface area contributed by atoms with Crippen LogP contribution in [0.2, 0.25) is 0 Å². The average molecular weight is 374 g/mol. The minimum absolute atomic E-state index is 0.120. The predicted octanol–water partition coefficient (Wildman–Crippen LogP) is 3.76. The van der Waals surface area contributed by atoms with Crippen LogP contribution in [0, 0.1) is 11.3 Å². The number of hydrogen-bond acceptors (Lipinski definition) is 5. The number of nitrogens with one attached hydrogen (secondary N) is 1. The molecule has 4 aromatic rings. The third-order valence-electron chi connectivity index (χ3n) is 4.14. The van der Waals surface area contributed by atoms with Crippen LogP contribution in [0.1, 0.15) is 21.3 Å². The number of thiophene rings is 1. The first-order chi connectivity index (χ1) is 13.2. The second-order valence-corrected chi connectivity index (χ2v) is 6.83. The molecule has 0 aliphatic heterocycles. The Morgan fingerprint density at radius 1 is 1.22 bits per heavy atom. The van der Waals surface area contributed by atoms with Gasteiger partial charge in [0.15, 0.2) is 6.04 Å². The van der Waals surface area contributed by atoms with Gasteiger partial charge in [-0.2, -0.15) is 5.26 Å². The summed E-state index contributed by atoms with van der Waals surface area (Å²) in [7, 11) is 0. The van der Waals surface area contributed by atoms with Crippen molar-refractivity contribution in [2.75, 3.05) is 0 Å². The zero-order chi connectivity index (χ0) is 18.8. The van der Waals surface area contributed by atoms with E-state index in [4.69, 9.17) is 0 Å². The Bertz CT molecular complexity index is 1160. The van der Waals surface area contributed by atoms with Gasteiger partial charge in [0.25, 0.3) is 5.91 Å². The van der Waals surface area contributed by atoms with E-state index >= 15 is 0 Å². The molecule has 0 saturated heterocycles. The van der Waals surface area contributed by atoms with Gasteiger partial charge < -0.3 is 14.8 Å². The van der Waals surface area contributed by atoms with E-state index in [2.05, 4.69) is 16.4 Å². The first-order valence-corrected chi connectivity index (χ1v) is 9.05. The number of benzene rings is 1. The lowest BCUT2D eigenvalue weighted by Gasteiger charge is -2.10. The molecule has 27 heavy (non-hydrogen) atoms. The molecule has 132 valence electrons. The molecule has 7 heteroatoms. The summed E-state index contributed by atoms with van der Waals surface area (Å²) in [5.74, 6) is -0.260. The van der Waals surface area contributed by atoms with Crippen LogP contribution in [0.25, 0.3) is 16.9 Å². The Hall–Kier alpha value is -3.63. The number of imidazole rings is 1. The number of rotatable bonds is 4. The molecule has 1 unspecified atom stereocenters. The normalized spacial score (nSPS) is 11.8. The van der Waals surface area contributed by atoms with Crippen molar-refractivity contribution < 1.29 is 9.90 Å². The molecule has 0 aliphatic rings. The average Bonchev–Trinajstić information content (AvgIpc) is 3.35. The highest BCUT2D eigenvalue weighted by atomic mass is 32.1. The van der Waals surface area contributed by atoms with E-state index in [1.807, 2.05) is 23.6 Å². The van der Waals surface area contributed by atoms with Gasteiger partial charge in [0.2, 0.25) is 0 Å². The molecule has 3 aromatic heterocycles. The van der Waals surface area contributed by atoms with Crippen LogP contribution in [-0.2, 0) is 0 Å². The molecule has 0 fully saturated rings. The van der Waals surface area contributed by atoms with Crippen molar-refractivity contribution in [3.05, 3.63) is 76.7 Å². The quantitative estimate of drug-likeness (QED) is 0.569. The third kappa shape index (κ3) is 3.14. The fraction of sp³-hybridized carbons (Fsp3) is 0.0500. The summed E-state index contributed by atoms with van der Waals surface area (Å²) in [4.78, 5) is 18.1. The van der Waals surface area contributed by atoms with Gasteiger partial charge in [0.1, 0.15) is 11.4 Å². The van der Waals surface area contributed by atoms with Gasteiger partial charge in [-0.25, -0.2) is 4.98 Å². The molecule has 0 spiro atoms. The highest BCUT2D eigenvalue weighted by molar-refractivity contribution is 7.10. The topological polar surface area (TPSA) is 90.4 Å². The summed E-state index contributed by atoms with van der Waals surface area (Å²) in [6.07, 6.45) is 3.53. The molecular weight excluding hydrogens is 360 g/mol. The molecule has 1 aromatic carbocycles. The summed E-state index contributed by atoms with van der Waals surface area (Å²) in [5.41, 5.74) is 1.96. The van der Waals surface area contributed by atoms with Gasteiger partial charge >= 0.3 is 0 Å². The molecule has 2 N–H and O–H groups in total. The lowest BCUT2D eigenvalue weighted by Crippen LogP contribution is -2.27. The number of para-hydroxylation sites is 1. The molecule has 1 atom stereocenters. The number of aromatic hydroxyl groups is 1. The fourth-order valence-electron chi connectivity index (χ4n) is 2.84. The number of nitriles is 1. The van der Waals surface area contributed by atoms with Crippen molar-refractivity contribution in [3.8, 4) is 23.1 Å². The number of amides is 1. The molecule has 3 heterocycles. The molecular formula is C20H14N4O2S. The second kappa shape index (κ2) is 6.94. The number of aromatic nitrogens is 2. The van der Waals surface area contributed by atoms with Crippen LogP contribution in [0.3, 0.4) is 0 Å². The van der Waals surface area contributed by atoms with E-state index in [0.29, 0.717) is 22.5 Å². The van der Waals surface area contributed by atoms with Crippen LogP contribution < -0.4 is 5.32 Å². The maximum Gasteiger partial charge on any atom is 0.256 e. The van der Waals surface area contributed by atoms with Crippen molar-refractivity contribution in [2.45, 2.75) is 6.04 Å². The van der Waals surface area contributed by atoms with Crippen molar-refractivity contribution >= 4 is 22.9 Å². The molecule has 6 nitrogen and oxygen atoms in total. The zero-order valence-electron chi connectivity index (χ0n) is 14.0. The summed E-state index contributed by atoms with van der Waals surface area (Å²) < 4.78 is 1.73. The summed E-state index contributed by atoms with van der Waals surface area (Å²) in [6, 6.07) is 15.3. The Morgan fingerprint density at radius 2 is 2.07 bits per heavy atom. The van der Waals surface area contributed by atoms with Crippen LogP contribution in [0.15, 0.2) is 66.3 Å². The van der Waals surface area contributed by atoms with E-state index in [9.17, 15) is 15.2 Å². The molecule has 0 aliphatic carbocycles. The number of phenolic OH excluding ortho intramolecular Hbond substituents is 1. The lowest BCUT2D eigenvalue weighted by atomic mass is 10.1. The molecule has 0 radical (unpaired) electrons. The van der Waals surface area contributed by atoms with Crippen molar-refractivity contribution in [2.24, 2.45) is 0 Å². The van der Waals surface area contributed by atoms with Crippen molar-refractivity contribution in [1.29, 1.82) is 5.26 Å². The SMILES string of the molecule is N#CC(NC(=O)c1cccn2cc(-c3ccccc3O)nc12)c1cccs1. The summed E-state index contributed by atoms with van der Waals surface area (Å²) >= 11 is 1.41. The van der Waals surface area contributed by atoms with Gasteiger partial charge in [-0.1, -0.05) is 18.2 Å². The standard InChI is InChI=1S/C20H14N4O2S/c21-11-15(18-8-4-10-27-18)23-20(26)14-6-3-9-24-12-16(22-19(14)24)13-5-1-2-7-17(13)25/h1-10,12,15,25H,(H,23,26). The molecule has 1 amide bonds. The Morgan fingerprint density at radius 3 is 2.81 bits per heavy atom. The number of hydrogen-bond donors (Lipinski definition) is 2. The van der Waals surface area contributed by atoms with Crippen LogP contribution in [0.5, 0.6) is 5.75 Å². The predicted molar refractivity (Wildman–Crippen MR) is 102 cm³/mol. The Labute approximate surface area is 159 Å². The van der Waals surface area contributed by atoms with Gasteiger partial charge in [-0.15, -0.1) is 11.3 Å². The Balaban J connectivity index is 1.71. The van der Waals surface area contributed by atoms with E-state index in [-0.39, 0.29) is 11.7 Å². The fourth-order valence-corrected chi connectivity index (χ4v) is 3.56. The number of carbonyl (C=O) groups excluding carboxylic acids is 1. The smallest absolute Gasteiger partial charge is 0.256 e. The molecule has 0 bridgehead atoms. The van der Waals surface area contributed by atoms with Crippen LogP contribution in [-0.4, -0.2) is 20.4 Å². The number of fused-ring (bicyclic) bond motifs is 1. The van der Waals surface area contributed by atoms with E-state index in [1.165, 1.54) is 11.3 Å². The minimum Gasteiger partial charge on any atom is -0.507 e. The summed E-state index contributed by atoms with van der Waals surface area (Å²) in [6.45, 7) is 0. The van der Waals surface area contributed by atoms with Gasteiger partial charge in [-0.3, -0.25) is 4.79 Å². The molecule has 4 rings (SSSR count). The maximum absolute atomic E-state index is 12.8. The van der Waals surface area contributed by atoms with Crippen LogP contribution >= 0.6 is 11.3 Å². The van der Waals surface area contributed by atoms with Crippen molar-refractivity contribution in [3.63, 3.8) is 0 Å². The highest BCUT2D eigenvalue weighted by Gasteiger charge is 2.19. The second-order valence-electron chi connectivity index (χ2n) is 5.85. The van der Waals surface area contributed by atoms with E-state index < -0.39 is 6.04 Å². The highest BCUT2D eigenvalue weighted by Crippen LogP contribution is 2.28. The lowest BCUT2D eigenvalue weighted by molar-refractivity contribution is 0.0947. The van der Waals surface area contributed by atoms with Gasteiger partial charge in [0.05, 0.1) is 17.3 Å². The Kier molecular flexibility index (Phi) is 4.32. The van der Waals surface area contributed by atoms with Crippen LogP contribution in [0.4, 0.5) is 0 Å². The number of carbonyl (C=O) groups is 1. The third-order valence-corrected chi connectivity index (χ3v) is 5.08. The maximum atomic E-state index is 12.8. The first kappa shape index (κ1) is 16.8. The largest absolute Gasteiger partial charge is 0.507 e. The van der Waals surface area contributed by atoms with Gasteiger partial charge in [0, 0.05) is 22.8 Å². The summed E-state index contributed by atoms with van der Waals surface area (Å²) in [5, 5.41) is 24.1. The monoisotopic (exact) mass is 374 g/mol. The molecule has 0 saturated carbocycles. The van der Waals surface area contributed by atoms with Crippen molar-refractivity contribution in [1.82, 2.24) is 14.7 Å². The number of pyridine rings is 1. The van der Waals surface area contributed by atoms with E-state index in [0.717, 1.165) is 4.88 Å². The first-order valence-electron chi connectivity index (χ1n) is 8.17. The minimum atomic E-state index is -0.717.